The van der Waals surface area contributed by atoms with Crippen LogP contribution in [-0.4, -0.2) is 23.3 Å². The Hall–Kier alpha value is -2.99. The van der Waals surface area contributed by atoms with Crippen LogP contribution in [0.5, 0.6) is 0 Å². The fourth-order valence-electron chi connectivity index (χ4n) is 2.45. The largest absolute Gasteiger partial charge is 0.352 e. The number of nitrogens with one attached hydrogen (secondary N) is 2. The summed E-state index contributed by atoms with van der Waals surface area (Å²) < 4.78 is 0. The number of nitrogens with zero attached hydrogens (tertiary/aromatic N) is 1. The molecule has 0 atom stereocenters. The number of carbonyl (C=O) groups is 2. The third-order valence-corrected chi connectivity index (χ3v) is 4.74. The van der Waals surface area contributed by atoms with Crippen LogP contribution >= 0.6 is 11.3 Å². The standard InChI is InChI=1S/C20H19N3O2S/c1-3-21-18(24)16-5-4-6-17(11-16)23-19(25)14-7-9-15(10-8-14)20-22-13(2)12-26-20/h4-12H,3H2,1-2H3,(H,21,24)(H,23,25). The minimum atomic E-state index is -0.222. The number of aryl methyl sites for hydroxylation is 1. The Morgan fingerprint density at radius 3 is 2.46 bits per heavy atom. The fraction of sp³-hybridized carbons (Fsp3) is 0.150. The number of thiazole rings is 1. The molecule has 6 heteroatoms. The van der Waals surface area contributed by atoms with Gasteiger partial charge in [0.1, 0.15) is 5.01 Å². The molecule has 0 unspecified atom stereocenters. The molecule has 0 spiro atoms. The number of aromatic nitrogens is 1. The first-order chi connectivity index (χ1) is 12.6. The average molecular weight is 365 g/mol. The Labute approximate surface area is 156 Å². The van der Waals surface area contributed by atoms with E-state index in [0.717, 1.165) is 16.3 Å². The Balaban J connectivity index is 1.72. The summed E-state index contributed by atoms with van der Waals surface area (Å²) >= 11 is 1.58. The molecule has 1 aromatic heterocycles. The van der Waals surface area contributed by atoms with E-state index in [9.17, 15) is 9.59 Å². The summed E-state index contributed by atoms with van der Waals surface area (Å²) in [5.41, 5.74) is 3.61. The molecule has 2 aromatic carbocycles. The highest BCUT2D eigenvalue weighted by Crippen LogP contribution is 2.24. The van der Waals surface area contributed by atoms with Crippen molar-refractivity contribution in [2.45, 2.75) is 13.8 Å². The van der Waals surface area contributed by atoms with Crippen LogP contribution in [-0.2, 0) is 0 Å². The lowest BCUT2D eigenvalue weighted by molar-refractivity contribution is 0.0954. The molecular weight excluding hydrogens is 346 g/mol. The van der Waals surface area contributed by atoms with E-state index >= 15 is 0 Å². The Morgan fingerprint density at radius 2 is 1.81 bits per heavy atom. The zero-order valence-electron chi connectivity index (χ0n) is 14.6. The Morgan fingerprint density at radius 1 is 1.04 bits per heavy atom. The van der Waals surface area contributed by atoms with E-state index in [2.05, 4.69) is 15.6 Å². The quantitative estimate of drug-likeness (QED) is 0.714. The second-order valence-electron chi connectivity index (χ2n) is 5.77. The molecule has 5 nitrogen and oxygen atoms in total. The topological polar surface area (TPSA) is 71.1 Å². The molecule has 0 aliphatic heterocycles. The number of hydrogen-bond acceptors (Lipinski definition) is 4. The molecule has 2 N–H and O–H groups in total. The van der Waals surface area contributed by atoms with E-state index in [1.165, 1.54) is 0 Å². The van der Waals surface area contributed by atoms with Crippen LogP contribution in [0.2, 0.25) is 0 Å². The van der Waals surface area contributed by atoms with Gasteiger partial charge in [0.15, 0.2) is 0 Å². The minimum Gasteiger partial charge on any atom is -0.352 e. The van der Waals surface area contributed by atoms with Gasteiger partial charge in [-0.25, -0.2) is 4.98 Å². The predicted molar refractivity (Wildman–Crippen MR) is 105 cm³/mol. The van der Waals surface area contributed by atoms with E-state index in [1.54, 1.807) is 47.7 Å². The van der Waals surface area contributed by atoms with Crippen LogP contribution in [0.1, 0.15) is 33.3 Å². The maximum Gasteiger partial charge on any atom is 0.255 e. The first kappa shape index (κ1) is 17.8. The van der Waals surface area contributed by atoms with Gasteiger partial charge in [0.25, 0.3) is 11.8 Å². The van der Waals surface area contributed by atoms with Crippen molar-refractivity contribution < 1.29 is 9.59 Å². The monoisotopic (exact) mass is 365 g/mol. The van der Waals surface area contributed by atoms with Crippen molar-refractivity contribution in [1.82, 2.24) is 10.3 Å². The van der Waals surface area contributed by atoms with Crippen molar-refractivity contribution >= 4 is 28.8 Å². The van der Waals surface area contributed by atoms with Gasteiger partial charge in [-0.2, -0.15) is 0 Å². The van der Waals surface area contributed by atoms with Crippen molar-refractivity contribution in [3.8, 4) is 10.6 Å². The normalized spacial score (nSPS) is 10.4. The van der Waals surface area contributed by atoms with Crippen LogP contribution in [0.4, 0.5) is 5.69 Å². The van der Waals surface area contributed by atoms with Crippen LogP contribution < -0.4 is 10.6 Å². The molecular formula is C20H19N3O2S. The van der Waals surface area contributed by atoms with Gasteiger partial charge in [-0.15, -0.1) is 11.3 Å². The zero-order valence-corrected chi connectivity index (χ0v) is 15.4. The molecule has 1 heterocycles. The number of carbonyl (C=O) groups excluding carboxylic acids is 2. The molecule has 2 amide bonds. The highest BCUT2D eigenvalue weighted by molar-refractivity contribution is 7.13. The van der Waals surface area contributed by atoms with Gasteiger partial charge < -0.3 is 10.6 Å². The van der Waals surface area contributed by atoms with Crippen molar-refractivity contribution in [1.29, 1.82) is 0 Å². The summed E-state index contributed by atoms with van der Waals surface area (Å²) in [7, 11) is 0. The molecule has 0 aliphatic carbocycles. The fourth-order valence-corrected chi connectivity index (χ4v) is 3.26. The smallest absolute Gasteiger partial charge is 0.255 e. The second-order valence-corrected chi connectivity index (χ2v) is 6.62. The van der Waals surface area contributed by atoms with E-state index in [4.69, 9.17) is 0 Å². The van der Waals surface area contributed by atoms with Crippen molar-refractivity contribution in [2.75, 3.05) is 11.9 Å². The first-order valence-corrected chi connectivity index (χ1v) is 9.17. The second kappa shape index (κ2) is 7.93. The average Bonchev–Trinajstić information content (AvgIpc) is 3.09. The SMILES string of the molecule is CCNC(=O)c1cccc(NC(=O)c2ccc(-c3nc(C)cs3)cc2)c1. The lowest BCUT2D eigenvalue weighted by atomic mass is 10.1. The summed E-state index contributed by atoms with van der Waals surface area (Å²) in [6.45, 7) is 4.37. The molecule has 3 aromatic rings. The van der Waals surface area contributed by atoms with Gasteiger partial charge in [0.05, 0.1) is 0 Å². The summed E-state index contributed by atoms with van der Waals surface area (Å²) in [4.78, 5) is 28.8. The van der Waals surface area contributed by atoms with E-state index < -0.39 is 0 Å². The molecule has 26 heavy (non-hydrogen) atoms. The summed E-state index contributed by atoms with van der Waals surface area (Å²) in [5.74, 6) is -0.383. The highest BCUT2D eigenvalue weighted by atomic mass is 32.1. The van der Waals surface area contributed by atoms with E-state index in [-0.39, 0.29) is 11.8 Å². The molecule has 0 bridgehead atoms. The van der Waals surface area contributed by atoms with E-state index in [1.807, 2.05) is 31.4 Å². The third kappa shape index (κ3) is 4.15. The maximum absolute atomic E-state index is 12.4. The van der Waals surface area contributed by atoms with Crippen molar-refractivity contribution in [3.05, 3.63) is 70.7 Å². The third-order valence-electron chi connectivity index (χ3n) is 3.73. The van der Waals surface area contributed by atoms with Crippen molar-refractivity contribution in [2.24, 2.45) is 0 Å². The lowest BCUT2D eigenvalue weighted by Gasteiger charge is -2.08. The summed E-state index contributed by atoms with van der Waals surface area (Å²) in [6.07, 6.45) is 0. The first-order valence-electron chi connectivity index (χ1n) is 8.29. The molecule has 3 rings (SSSR count). The van der Waals surface area contributed by atoms with Crippen LogP contribution in [0.25, 0.3) is 10.6 Å². The maximum atomic E-state index is 12.4. The summed E-state index contributed by atoms with van der Waals surface area (Å²) in [5, 5.41) is 8.50. The molecule has 132 valence electrons. The van der Waals surface area contributed by atoms with Crippen LogP contribution in [0, 0.1) is 6.92 Å². The van der Waals surface area contributed by atoms with Crippen LogP contribution in [0.3, 0.4) is 0 Å². The van der Waals surface area contributed by atoms with Gasteiger partial charge in [-0.1, -0.05) is 18.2 Å². The van der Waals surface area contributed by atoms with Gasteiger partial charge in [0.2, 0.25) is 0 Å². The molecule has 0 saturated carbocycles. The minimum absolute atomic E-state index is 0.160. The molecule has 0 radical (unpaired) electrons. The van der Waals surface area contributed by atoms with Gasteiger partial charge in [-0.05, 0) is 44.2 Å². The van der Waals surface area contributed by atoms with Gasteiger partial charge in [-0.3, -0.25) is 9.59 Å². The highest BCUT2D eigenvalue weighted by Gasteiger charge is 2.10. The zero-order chi connectivity index (χ0) is 18.5. The lowest BCUT2D eigenvalue weighted by Crippen LogP contribution is -2.22. The summed E-state index contributed by atoms with van der Waals surface area (Å²) in [6, 6.07) is 14.2. The van der Waals surface area contributed by atoms with Gasteiger partial charge >= 0.3 is 0 Å². The molecule has 0 saturated heterocycles. The number of rotatable bonds is 5. The van der Waals surface area contributed by atoms with Gasteiger partial charge in [0, 0.05) is 40.0 Å². The number of amides is 2. The van der Waals surface area contributed by atoms with Crippen molar-refractivity contribution in [3.63, 3.8) is 0 Å². The number of hydrogen-bond donors (Lipinski definition) is 2. The molecule has 0 aliphatic rings. The predicted octanol–water partition coefficient (Wildman–Crippen LogP) is 4.12. The number of benzene rings is 2. The molecule has 0 fully saturated rings. The van der Waals surface area contributed by atoms with E-state index in [0.29, 0.717) is 23.4 Å². The van der Waals surface area contributed by atoms with Crippen LogP contribution in [0.15, 0.2) is 53.9 Å². The Kier molecular flexibility index (Phi) is 5.43. The Bertz CT molecular complexity index is 932. The number of anilines is 1.